The number of nitrogens with one attached hydrogen (secondary N) is 1. The van der Waals surface area contributed by atoms with E-state index in [1.165, 1.54) is 5.56 Å². The molecule has 0 saturated heterocycles. The molecule has 108 valence electrons. The molecule has 0 saturated carbocycles. The molecule has 4 heteroatoms. The predicted molar refractivity (Wildman–Crippen MR) is 84.0 cm³/mol. The van der Waals surface area contributed by atoms with E-state index in [0.29, 0.717) is 12.6 Å². The van der Waals surface area contributed by atoms with Crippen LogP contribution in [-0.2, 0) is 17.8 Å². The molecule has 1 aromatic heterocycles. The van der Waals surface area contributed by atoms with Crippen LogP contribution in [0.5, 0.6) is 0 Å². The zero-order chi connectivity index (χ0) is 14.2. The maximum absolute atomic E-state index is 5.13. The molecule has 1 heterocycles. The van der Waals surface area contributed by atoms with Crippen molar-refractivity contribution in [2.24, 2.45) is 0 Å². The van der Waals surface area contributed by atoms with Crippen molar-refractivity contribution in [2.75, 3.05) is 13.7 Å². The molecule has 0 amide bonds. The number of ether oxygens (including phenoxy) is 1. The lowest BCUT2D eigenvalue weighted by atomic mass is 10.0. The highest BCUT2D eigenvalue weighted by Crippen LogP contribution is 2.20. The Labute approximate surface area is 125 Å². The van der Waals surface area contributed by atoms with Crippen LogP contribution in [0.1, 0.15) is 35.7 Å². The Balaban J connectivity index is 2.06. The minimum absolute atomic E-state index is 0.327. The molecule has 1 atom stereocenters. The summed E-state index contributed by atoms with van der Waals surface area (Å²) in [5.41, 5.74) is 2.46. The third kappa shape index (κ3) is 4.40. The third-order valence-corrected chi connectivity index (χ3v) is 3.99. The van der Waals surface area contributed by atoms with Crippen molar-refractivity contribution in [1.29, 1.82) is 0 Å². The lowest BCUT2D eigenvalue weighted by Gasteiger charge is -2.18. The van der Waals surface area contributed by atoms with Crippen molar-refractivity contribution in [3.8, 4) is 0 Å². The van der Waals surface area contributed by atoms with Crippen LogP contribution in [0.3, 0.4) is 0 Å². The molecule has 0 aliphatic heterocycles. The first kappa shape index (κ1) is 15.2. The molecular formula is C16H22N2OS. The molecule has 2 rings (SSSR count). The van der Waals surface area contributed by atoms with E-state index in [0.717, 1.165) is 30.1 Å². The van der Waals surface area contributed by atoms with Crippen molar-refractivity contribution in [3.63, 3.8) is 0 Å². The average molecular weight is 290 g/mol. The van der Waals surface area contributed by atoms with Crippen molar-refractivity contribution in [1.82, 2.24) is 10.3 Å². The van der Waals surface area contributed by atoms with Gasteiger partial charge in [0.25, 0.3) is 0 Å². The normalized spacial score (nSPS) is 12.5. The molecule has 1 N–H and O–H groups in total. The van der Waals surface area contributed by atoms with Crippen molar-refractivity contribution in [3.05, 3.63) is 52.0 Å². The van der Waals surface area contributed by atoms with Crippen LogP contribution < -0.4 is 5.32 Å². The Hall–Kier alpha value is -1.23. The maximum Gasteiger partial charge on any atom is 0.119 e. The highest BCUT2D eigenvalue weighted by atomic mass is 32.1. The van der Waals surface area contributed by atoms with Crippen LogP contribution in [0.25, 0.3) is 0 Å². The van der Waals surface area contributed by atoms with Crippen LogP contribution in [0.2, 0.25) is 0 Å². The molecule has 0 radical (unpaired) electrons. The summed E-state index contributed by atoms with van der Waals surface area (Å²) in [6.45, 7) is 3.81. The van der Waals surface area contributed by atoms with Gasteiger partial charge in [-0.2, -0.15) is 0 Å². The summed E-state index contributed by atoms with van der Waals surface area (Å²) in [6, 6.07) is 10.9. The molecule has 2 aromatic rings. The zero-order valence-electron chi connectivity index (χ0n) is 12.1. The fraction of sp³-hybridized carbons (Fsp3) is 0.438. The van der Waals surface area contributed by atoms with Gasteiger partial charge in [-0.3, -0.25) is 0 Å². The Morgan fingerprint density at radius 3 is 2.80 bits per heavy atom. The van der Waals surface area contributed by atoms with E-state index in [4.69, 9.17) is 4.74 Å². The van der Waals surface area contributed by atoms with E-state index in [9.17, 15) is 0 Å². The van der Waals surface area contributed by atoms with Gasteiger partial charge >= 0.3 is 0 Å². The largest absolute Gasteiger partial charge is 0.378 e. The van der Waals surface area contributed by atoms with Crippen LogP contribution in [-0.4, -0.2) is 18.6 Å². The van der Waals surface area contributed by atoms with Crippen LogP contribution in [0, 0.1) is 0 Å². The van der Waals surface area contributed by atoms with E-state index in [2.05, 4.69) is 52.9 Å². The summed E-state index contributed by atoms with van der Waals surface area (Å²) in [5, 5.41) is 6.79. The first-order valence-electron chi connectivity index (χ1n) is 7.04. The van der Waals surface area contributed by atoms with E-state index in [-0.39, 0.29) is 0 Å². The van der Waals surface area contributed by atoms with Gasteiger partial charge in [-0.15, -0.1) is 11.3 Å². The standard InChI is InChI=1S/C16H22N2OS/c1-3-9-17-15(13-7-5-4-6-8-13)10-14-12-20-16(18-14)11-19-2/h4-8,12,15,17H,3,9-11H2,1-2H3. The smallest absolute Gasteiger partial charge is 0.119 e. The van der Waals surface area contributed by atoms with Gasteiger partial charge in [-0.1, -0.05) is 37.3 Å². The summed E-state index contributed by atoms with van der Waals surface area (Å²) in [7, 11) is 1.71. The molecule has 0 aliphatic carbocycles. The Kier molecular flexibility index (Phi) is 6.18. The number of hydrogen-bond acceptors (Lipinski definition) is 4. The quantitative estimate of drug-likeness (QED) is 0.807. The van der Waals surface area contributed by atoms with Gasteiger partial charge in [-0.05, 0) is 18.5 Å². The number of hydrogen-bond donors (Lipinski definition) is 1. The summed E-state index contributed by atoms with van der Waals surface area (Å²) in [6.07, 6.45) is 2.06. The van der Waals surface area contributed by atoms with Gasteiger partial charge in [0.05, 0.1) is 12.3 Å². The van der Waals surface area contributed by atoms with Crippen LogP contribution in [0.15, 0.2) is 35.7 Å². The SMILES string of the molecule is CCCNC(Cc1csc(COC)n1)c1ccccc1. The fourth-order valence-electron chi connectivity index (χ4n) is 2.15. The molecule has 3 nitrogen and oxygen atoms in total. The van der Waals surface area contributed by atoms with Crippen molar-refractivity contribution < 1.29 is 4.74 Å². The molecule has 0 bridgehead atoms. The van der Waals surface area contributed by atoms with E-state index in [1.54, 1.807) is 18.4 Å². The summed E-state index contributed by atoms with van der Waals surface area (Å²) in [4.78, 5) is 4.63. The lowest BCUT2D eigenvalue weighted by molar-refractivity contribution is 0.184. The maximum atomic E-state index is 5.13. The molecule has 20 heavy (non-hydrogen) atoms. The van der Waals surface area contributed by atoms with Crippen LogP contribution >= 0.6 is 11.3 Å². The molecule has 0 spiro atoms. The Morgan fingerprint density at radius 2 is 2.10 bits per heavy atom. The summed E-state index contributed by atoms with van der Waals surface area (Å²) < 4.78 is 5.13. The number of rotatable bonds is 8. The molecule has 0 fully saturated rings. The highest BCUT2D eigenvalue weighted by Gasteiger charge is 2.13. The second-order valence-corrected chi connectivity index (χ2v) is 5.73. The molecule has 1 aromatic carbocycles. The van der Waals surface area contributed by atoms with Gasteiger partial charge < -0.3 is 10.1 Å². The highest BCUT2D eigenvalue weighted by molar-refractivity contribution is 7.09. The summed E-state index contributed by atoms with van der Waals surface area (Å²) in [5.74, 6) is 0. The van der Waals surface area contributed by atoms with Gasteiger partial charge in [0.2, 0.25) is 0 Å². The second kappa shape index (κ2) is 8.15. The second-order valence-electron chi connectivity index (χ2n) is 4.79. The van der Waals surface area contributed by atoms with Crippen molar-refractivity contribution in [2.45, 2.75) is 32.4 Å². The average Bonchev–Trinajstić information content (AvgIpc) is 2.92. The van der Waals surface area contributed by atoms with E-state index >= 15 is 0 Å². The molecule has 0 aliphatic rings. The van der Waals surface area contributed by atoms with Crippen molar-refractivity contribution >= 4 is 11.3 Å². The number of benzene rings is 1. The van der Waals surface area contributed by atoms with Gasteiger partial charge in [0, 0.05) is 25.0 Å². The Morgan fingerprint density at radius 1 is 1.30 bits per heavy atom. The number of aromatic nitrogens is 1. The first-order valence-corrected chi connectivity index (χ1v) is 7.92. The van der Waals surface area contributed by atoms with Gasteiger partial charge in [0.1, 0.15) is 5.01 Å². The minimum Gasteiger partial charge on any atom is -0.378 e. The minimum atomic E-state index is 0.327. The Bertz CT molecular complexity index is 498. The number of methoxy groups -OCH3 is 1. The molecule has 1 unspecified atom stereocenters. The predicted octanol–water partition coefficient (Wildman–Crippen LogP) is 3.57. The summed E-state index contributed by atoms with van der Waals surface area (Å²) >= 11 is 1.67. The number of thiazole rings is 1. The van der Waals surface area contributed by atoms with Gasteiger partial charge in [-0.25, -0.2) is 4.98 Å². The lowest BCUT2D eigenvalue weighted by Crippen LogP contribution is -2.24. The first-order chi connectivity index (χ1) is 9.83. The fourth-order valence-corrected chi connectivity index (χ4v) is 2.93. The van der Waals surface area contributed by atoms with Gasteiger partial charge in [0.15, 0.2) is 0 Å². The van der Waals surface area contributed by atoms with Crippen LogP contribution in [0.4, 0.5) is 0 Å². The number of nitrogens with zero attached hydrogens (tertiary/aromatic N) is 1. The topological polar surface area (TPSA) is 34.1 Å². The molecular weight excluding hydrogens is 268 g/mol. The zero-order valence-corrected chi connectivity index (χ0v) is 13.0. The van der Waals surface area contributed by atoms with E-state index in [1.807, 2.05) is 0 Å². The van der Waals surface area contributed by atoms with E-state index < -0.39 is 0 Å². The third-order valence-electron chi connectivity index (χ3n) is 3.12. The monoisotopic (exact) mass is 290 g/mol.